The number of carbonyl (C=O) groups excluding carboxylic acids is 2. The highest BCUT2D eigenvalue weighted by Gasteiger charge is 2.29. The van der Waals surface area contributed by atoms with Crippen molar-refractivity contribution in [1.29, 1.82) is 0 Å². The zero-order valence-electron chi connectivity index (χ0n) is 11.4. The average molecular weight is 320 g/mol. The smallest absolute Gasteiger partial charge is 0.243 e. The van der Waals surface area contributed by atoms with Crippen molar-refractivity contribution in [2.45, 2.75) is 31.3 Å². The van der Waals surface area contributed by atoms with E-state index in [-0.39, 0.29) is 23.9 Å². The lowest BCUT2D eigenvalue weighted by molar-refractivity contribution is -0.134. The minimum atomic E-state index is -0.297. The number of hydrogen-bond donors (Lipinski definition) is 2. The summed E-state index contributed by atoms with van der Waals surface area (Å²) in [5.41, 5.74) is 0. The first-order valence-electron chi connectivity index (χ1n) is 6.88. The first-order chi connectivity index (χ1) is 10.2. The minimum absolute atomic E-state index is 0.104. The van der Waals surface area contributed by atoms with Gasteiger partial charge in [-0.05, 0) is 29.3 Å². The molecular formula is C15H16N2O2S2. The average Bonchev–Trinajstić information content (AvgIpc) is 3.13. The zero-order chi connectivity index (χ0) is 14.7. The third-order valence-electron chi connectivity index (χ3n) is 3.51. The Hall–Kier alpha value is -1.50. The lowest BCUT2D eigenvalue weighted by atomic mass is 10.0. The third-order valence-corrected chi connectivity index (χ3v) is 5.40. The summed E-state index contributed by atoms with van der Waals surface area (Å²) in [5.74, 6) is -0.386. The van der Waals surface area contributed by atoms with E-state index in [4.69, 9.17) is 0 Å². The van der Waals surface area contributed by atoms with Crippen molar-refractivity contribution >= 4 is 34.5 Å². The molecule has 0 aliphatic carbocycles. The van der Waals surface area contributed by atoms with Crippen molar-refractivity contribution in [2.75, 3.05) is 0 Å². The number of thiophene rings is 2. The summed E-state index contributed by atoms with van der Waals surface area (Å²) in [6.07, 6.45) is 1.83. The molecule has 2 amide bonds. The maximum absolute atomic E-state index is 11.9. The van der Waals surface area contributed by atoms with Gasteiger partial charge in [0.2, 0.25) is 11.8 Å². The van der Waals surface area contributed by atoms with Crippen molar-refractivity contribution < 1.29 is 9.59 Å². The van der Waals surface area contributed by atoms with E-state index in [0.717, 1.165) is 6.42 Å². The highest BCUT2D eigenvalue weighted by atomic mass is 32.1. The van der Waals surface area contributed by atoms with Crippen LogP contribution in [0.3, 0.4) is 0 Å². The van der Waals surface area contributed by atoms with Crippen molar-refractivity contribution in [2.24, 2.45) is 0 Å². The molecule has 2 unspecified atom stereocenters. The topological polar surface area (TPSA) is 58.2 Å². The standard InChI is InChI=1S/C15H16N2O2S2/c18-14-6-5-11(15(19)17-14)16-12(13-4-2-8-21-13)9-10-3-1-7-20-10/h1-4,7-8,11-12,16H,5-6,9H2,(H,17,18,19). The van der Waals surface area contributed by atoms with Gasteiger partial charge < -0.3 is 0 Å². The van der Waals surface area contributed by atoms with E-state index in [1.165, 1.54) is 9.75 Å². The largest absolute Gasteiger partial charge is 0.298 e. The molecule has 3 heterocycles. The van der Waals surface area contributed by atoms with Gasteiger partial charge in [-0.3, -0.25) is 20.2 Å². The summed E-state index contributed by atoms with van der Waals surface area (Å²) in [6.45, 7) is 0. The van der Waals surface area contributed by atoms with Crippen molar-refractivity contribution in [3.8, 4) is 0 Å². The second-order valence-corrected chi connectivity index (χ2v) is 7.03. The molecule has 21 heavy (non-hydrogen) atoms. The predicted octanol–water partition coefficient (Wildman–Crippen LogP) is 2.49. The number of carbonyl (C=O) groups is 2. The Morgan fingerprint density at radius 2 is 2.05 bits per heavy atom. The second kappa shape index (κ2) is 6.51. The molecule has 2 aromatic rings. The van der Waals surface area contributed by atoms with Crippen LogP contribution in [0.4, 0.5) is 0 Å². The monoisotopic (exact) mass is 320 g/mol. The van der Waals surface area contributed by atoms with E-state index in [9.17, 15) is 9.59 Å². The number of hydrogen-bond acceptors (Lipinski definition) is 5. The Morgan fingerprint density at radius 1 is 1.24 bits per heavy atom. The van der Waals surface area contributed by atoms with Crippen molar-refractivity contribution in [3.63, 3.8) is 0 Å². The number of nitrogens with one attached hydrogen (secondary N) is 2. The lowest BCUT2D eigenvalue weighted by Crippen LogP contribution is -2.51. The van der Waals surface area contributed by atoms with Crippen LogP contribution < -0.4 is 10.6 Å². The zero-order valence-corrected chi connectivity index (χ0v) is 13.0. The van der Waals surface area contributed by atoms with Gasteiger partial charge in [0.05, 0.1) is 6.04 Å². The fraction of sp³-hybridized carbons (Fsp3) is 0.333. The first kappa shape index (κ1) is 14.4. The molecule has 3 rings (SSSR count). The molecule has 2 N–H and O–H groups in total. The molecule has 1 fully saturated rings. The second-order valence-electron chi connectivity index (χ2n) is 5.02. The Bertz CT molecular complexity index is 608. The number of imide groups is 1. The van der Waals surface area contributed by atoms with Gasteiger partial charge in [-0.2, -0.15) is 0 Å². The molecular weight excluding hydrogens is 304 g/mol. The fourth-order valence-corrected chi connectivity index (χ4v) is 4.00. The Kier molecular flexibility index (Phi) is 4.48. The summed E-state index contributed by atoms with van der Waals surface area (Å²) in [6, 6.07) is 8.06. The quantitative estimate of drug-likeness (QED) is 0.832. The van der Waals surface area contributed by atoms with Crippen LogP contribution in [0.1, 0.15) is 28.6 Å². The van der Waals surface area contributed by atoms with E-state index < -0.39 is 0 Å². The highest BCUT2D eigenvalue weighted by Crippen LogP contribution is 2.26. The Balaban J connectivity index is 1.73. The van der Waals surface area contributed by atoms with Crippen LogP contribution in [-0.4, -0.2) is 17.9 Å². The highest BCUT2D eigenvalue weighted by molar-refractivity contribution is 7.10. The van der Waals surface area contributed by atoms with Crippen LogP contribution in [0, 0.1) is 0 Å². The lowest BCUT2D eigenvalue weighted by Gasteiger charge is -2.26. The number of amides is 2. The maximum atomic E-state index is 11.9. The van der Waals surface area contributed by atoms with Gasteiger partial charge in [-0.25, -0.2) is 0 Å². The molecule has 1 saturated heterocycles. The SMILES string of the molecule is O=C1CCC(NC(Cc2cccs2)c2cccs2)C(=O)N1. The van der Waals surface area contributed by atoms with Gasteiger partial charge in [0.15, 0.2) is 0 Å². The van der Waals surface area contributed by atoms with Gasteiger partial charge in [0.1, 0.15) is 0 Å². The molecule has 2 atom stereocenters. The number of rotatable bonds is 5. The van der Waals surface area contributed by atoms with E-state index in [1.807, 2.05) is 17.5 Å². The minimum Gasteiger partial charge on any atom is -0.298 e. The van der Waals surface area contributed by atoms with Crippen molar-refractivity contribution in [3.05, 3.63) is 44.8 Å². The molecule has 4 nitrogen and oxygen atoms in total. The molecule has 2 aromatic heterocycles. The summed E-state index contributed by atoms with van der Waals surface area (Å²) in [4.78, 5) is 25.7. The van der Waals surface area contributed by atoms with Crippen LogP contribution in [0.5, 0.6) is 0 Å². The molecule has 1 aliphatic heterocycles. The maximum Gasteiger partial charge on any atom is 0.243 e. The van der Waals surface area contributed by atoms with Gasteiger partial charge in [-0.15, -0.1) is 22.7 Å². The van der Waals surface area contributed by atoms with E-state index >= 15 is 0 Å². The molecule has 6 heteroatoms. The van der Waals surface area contributed by atoms with Crippen LogP contribution in [0.2, 0.25) is 0 Å². The van der Waals surface area contributed by atoms with Gasteiger partial charge >= 0.3 is 0 Å². The Morgan fingerprint density at radius 3 is 2.71 bits per heavy atom. The fourth-order valence-electron chi connectivity index (χ4n) is 2.46. The van der Waals surface area contributed by atoms with Gasteiger partial charge in [0, 0.05) is 28.6 Å². The molecule has 0 aromatic carbocycles. The molecule has 1 aliphatic rings. The third kappa shape index (κ3) is 3.58. The number of piperidine rings is 1. The summed E-state index contributed by atoms with van der Waals surface area (Å²) in [7, 11) is 0. The molecule has 110 valence electrons. The van der Waals surface area contributed by atoms with Crippen molar-refractivity contribution in [1.82, 2.24) is 10.6 Å². The molecule has 0 bridgehead atoms. The predicted molar refractivity (Wildman–Crippen MR) is 84.4 cm³/mol. The van der Waals surface area contributed by atoms with Crippen LogP contribution in [0.15, 0.2) is 35.0 Å². The first-order valence-corrected chi connectivity index (χ1v) is 8.64. The van der Waals surface area contributed by atoms with Crippen LogP contribution in [-0.2, 0) is 16.0 Å². The van der Waals surface area contributed by atoms with E-state index in [0.29, 0.717) is 12.8 Å². The van der Waals surface area contributed by atoms with Crippen LogP contribution in [0.25, 0.3) is 0 Å². The summed E-state index contributed by atoms with van der Waals surface area (Å²) < 4.78 is 0. The van der Waals surface area contributed by atoms with Crippen LogP contribution >= 0.6 is 22.7 Å². The van der Waals surface area contributed by atoms with E-state index in [1.54, 1.807) is 22.7 Å². The van der Waals surface area contributed by atoms with E-state index in [2.05, 4.69) is 28.1 Å². The van der Waals surface area contributed by atoms with Gasteiger partial charge in [-0.1, -0.05) is 12.1 Å². The van der Waals surface area contributed by atoms with Gasteiger partial charge in [0.25, 0.3) is 0 Å². The normalized spacial score (nSPS) is 20.3. The Labute approximate surface area is 131 Å². The molecule has 0 spiro atoms. The molecule has 0 radical (unpaired) electrons. The molecule has 0 saturated carbocycles. The summed E-state index contributed by atoms with van der Waals surface area (Å²) in [5, 5.41) is 9.93. The summed E-state index contributed by atoms with van der Waals surface area (Å²) >= 11 is 3.41.